The molecule has 4 rings (SSSR count). The number of nitrogen functional groups attached to an aromatic ring is 4. The molecule has 4 aromatic carbocycles. The fraction of sp³-hybridized carbons (Fsp3) is 0. The second-order valence-corrected chi connectivity index (χ2v) is 9.40. The van der Waals surface area contributed by atoms with Crippen molar-refractivity contribution in [1.82, 2.24) is 0 Å². The first-order chi connectivity index (χ1) is 25.5. The molecule has 4 aromatic rings. The lowest BCUT2D eigenvalue weighted by Gasteiger charge is -2.05. The number of carboxylic acid groups (broad SMARTS) is 4. The molecule has 0 bridgehead atoms. The number of hydrogen-bond donors (Lipinski definition) is 8. The maximum atomic E-state index is 12.7. The third-order valence-corrected chi connectivity index (χ3v) is 6.07. The van der Waals surface area contributed by atoms with Crippen LogP contribution in [0.15, 0.2) is 0 Å². The molecule has 0 aliphatic carbocycles. The van der Waals surface area contributed by atoms with Crippen molar-refractivity contribution in [1.29, 1.82) is 0 Å². The Kier molecular flexibility index (Phi) is 14.9. The molecule has 28 heteroatoms. The average molecular weight is 836 g/mol. The van der Waals surface area contributed by atoms with Gasteiger partial charge in [0, 0.05) is 0 Å². The van der Waals surface area contributed by atoms with Gasteiger partial charge in [-0.25, -0.2) is 89.4 Å². The standard InChI is InChI=1S/4C7H3F4NO2/c4*8-2-1(7(13)14)6(12)5(11)4(10)3(2)9/h4*12H2,(H,13,14). The average Bonchev–Trinajstić information content (AvgIpc) is 3.11. The van der Waals surface area contributed by atoms with Gasteiger partial charge in [-0.2, -0.15) is 0 Å². The number of nitrogens with two attached hydrogens (primary N) is 4. The molecule has 0 radical (unpaired) electrons. The van der Waals surface area contributed by atoms with E-state index in [-0.39, 0.29) is 0 Å². The Hall–Kier alpha value is -7.16. The predicted molar refractivity (Wildman–Crippen MR) is 151 cm³/mol. The topological polar surface area (TPSA) is 253 Å². The molecule has 0 aromatic heterocycles. The first kappa shape index (κ1) is 46.9. The van der Waals surface area contributed by atoms with Gasteiger partial charge in [0.05, 0.1) is 22.7 Å². The van der Waals surface area contributed by atoms with Gasteiger partial charge in [-0.3, -0.25) is 0 Å². The molecule has 0 unspecified atom stereocenters. The predicted octanol–water partition coefficient (Wildman–Crippen LogP) is 6.09. The third-order valence-electron chi connectivity index (χ3n) is 6.07. The van der Waals surface area contributed by atoms with E-state index in [0.29, 0.717) is 0 Å². The van der Waals surface area contributed by atoms with E-state index in [0.717, 1.165) is 0 Å². The van der Waals surface area contributed by atoms with Crippen LogP contribution in [0.2, 0.25) is 0 Å². The Morgan fingerprint density at radius 2 is 0.357 bits per heavy atom. The minimum atomic E-state index is -2.20. The molecule has 0 fully saturated rings. The highest BCUT2D eigenvalue weighted by atomic mass is 19.2. The number of rotatable bonds is 4. The van der Waals surface area contributed by atoms with E-state index in [9.17, 15) is 89.4 Å². The van der Waals surface area contributed by atoms with Crippen molar-refractivity contribution >= 4 is 46.6 Å². The Morgan fingerprint density at radius 3 is 0.464 bits per heavy atom. The third kappa shape index (κ3) is 8.95. The summed E-state index contributed by atoms with van der Waals surface area (Å²) in [4.78, 5) is 41.1. The smallest absolute Gasteiger partial charge is 0.341 e. The number of aromatic carboxylic acids is 4. The molecular weight excluding hydrogens is 824 g/mol. The lowest BCUT2D eigenvalue weighted by molar-refractivity contribution is 0.0679. The van der Waals surface area contributed by atoms with Gasteiger partial charge in [-0.15, -0.1) is 0 Å². The molecule has 0 spiro atoms. The van der Waals surface area contributed by atoms with Crippen molar-refractivity contribution in [3.8, 4) is 0 Å². The Morgan fingerprint density at radius 1 is 0.250 bits per heavy atom. The van der Waals surface area contributed by atoms with Crippen LogP contribution in [0, 0.1) is 93.1 Å². The summed E-state index contributed by atoms with van der Waals surface area (Å²) in [6.07, 6.45) is 0. The van der Waals surface area contributed by atoms with Crippen LogP contribution in [0.25, 0.3) is 0 Å². The molecule has 12 N–H and O–H groups in total. The van der Waals surface area contributed by atoms with Crippen molar-refractivity contribution in [2.75, 3.05) is 22.9 Å². The molecule has 0 saturated heterocycles. The van der Waals surface area contributed by atoms with E-state index in [1.165, 1.54) is 0 Å². The summed E-state index contributed by atoms with van der Waals surface area (Å²) in [5.74, 6) is -41.0. The van der Waals surface area contributed by atoms with Crippen LogP contribution in [0.3, 0.4) is 0 Å². The summed E-state index contributed by atoms with van der Waals surface area (Å²) >= 11 is 0. The van der Waals surface area contributed by atoms with Crippen molar-refractivity contribution in [3.05, 3.63) is 115 Å². The molecule has 12 nitrogen and oxygen atoms in total. The number of carboxylic acids is 4. The summed E-state index contributed by atoms with van der Waals surface area (Å²) in [6.45, 7) is 0. The van der Waals surface area contributed by atoms with Gasteiger partial charge in [0.15, 0.2) is 93.1 Å². The highest BCUT2D eigenvalue weighted by Crippen LogP contribution is 2.29. The molecule has 304 valence electrons. The molecule has 0 aliphatic heterocycles. The van der Waals surface area contributed by atoms with Crippen molar-refractivity contribution in [2.24, 2.45) is 0 Å². The van der Waals surface area contributed by atoms with Gasteiger partial charge in [0.1, 0.15) is 22.3 Å². The fourth-order valence-corrected chi connectivity index (χ4v) is 3.43. The number of halogens is 16. The molecule has 0 amide bonds. The van der Waals surface area contributed by atoms with Crippen molar-refractivity contribution in [2.45, 2.75) is 0 Å². The molecular formula is C28H12F16N4O8. The van der Waals surface area contributed by atoms with Crippen LogP contribution in [0.1, 0.15) is 41.4 Å². The van der Waals surface area contributed by atoms with Crippen LogP contribution in [0.5, 0.6) is 0 Å². The molecule has 56 heavy (non-hydrogen) atoms. The Bertz CT molecular complexity index is 1880. The van der Waals surface area contributed by atoms with Crippen LogP contribution in [0.4, 0.5) is 93.0 Å². The number of carbonyl (C=O) groups is 4. The number of benzene rings is 4. The maximum absolute atomic E-state index is 12.7. The molecule has 0 aliphatic rings. The Labute approximate surface area is 295 Å². The van der Waals surface area contributed by atoms with Gasteiger partial charge < -0.3 is 43.4 Å². The van der Waals surface area contributed by atoms with Gasteiger partial charge in [0.2, 0.25) is 0 Å². The van der Waals surface area contributed by atoms with E-state index in [2.05, 4.69) is 0 Å². The first-order valence-electron chi connectivity index (χ1n) is 12.9. The lowest BCUT2D eigenvalue weighted by Crippen LogP contribution is -2.12. The lowest BCUT2D eigenvalue weighted by atomic mass is 10.1. The van der Waals surface area contributed by atoms with Crippen LogP contribution in [-0.2, 0) is 0 Å². The first-order valence-corrected chi connectivity index (χ1v) is 12.9. The summed E-state index contributed by atoms with van der Waals surface area (Å²) < 4.78 is 201. The summed E-state index contributed by atoms with van der Waals surface area (Å²) in [6, 6.07) is 0. The second kappa shape index (κ2) is 17.8. The fourth-order valence-electron chi connectivity index (χ4n) is 3.43. The summed E-state index contributed by atoms with van der Waals surface area (Å²) in [5, 5.41) is 33.2. The highest BCUT2D eigenvalue weighted by Gasteiger charge is 2.30. The van der Waals surface area contributed by atoms with Gasteiger partial charge >= 0.3 is 23.9 Å². The van der Waals surface area contributed by atoms with Crippen LogP contribution in [-0.4, -0.2) is 44.3 Å². The zero-order chi connectivity index (χ0) is 44.2. The van der Waals surface area contributed by atoms with Crippen molar-refractivity contribution < 1.29 is 110 Å². The normalized spacial score (nSPS) is 10.3. The second-order valence-electron chi connectivity index (χ2n) is 9.40. The summed E-state index contributed by atoms with van der Waals surface area (Å²) in [7, 11) is 0. The van der Waals surface area contributed by atoms with E-state index in [1.54, 1.807) is 0 Å². The highest BCUT2D eigenvalue weighted by molar-refractivity contribution is 5.95. The van der Waals surface area contributed by atoms with E-state index >= 15 is 0 Å². The largest absolute Gasteiger partial charge is 0.478 e. The minimum Gasteiger partial charge on any atom is -0.478 e. The zero-order valence-electron chi connectivity index (χ0n) is 25.8. The van der Waals surface area contributed by atoms with Gasteiger partial charge in [-0.1, -0.05) is 0 Å². The minimum absolute atomic E-state index is 1.27. The monoisotopic (exact) mass is 836 g/mol. The quantitative estimate of drug-likeness (QED) is 0.0503. The number of anilines is 4. The van der Waals surface area contributed by atoms with Gasteiger partial charge in [0.25, 0.3) is 0 Å². The Balaban J connectivity index is 0.000000373. The van der Waals surface area contributed by atoms with Crippen LogP contribution < -0.4 is 22.9 Å². The maximum Gasteiger partial charge on any atom is 0.341 e. The zero-order valence-corrected chi connectivity index (χ0v) is 25.8. The molecule has 0 atom stereocenters. The van der Waals surface area contributed by atoms with E-state index < -0.39 is 162 Å². The molecule has 0 saturated carbocycles. The van der Waals surface area contributed by atoms with Crippen molar-refractivity contribution in [3.63, 3.8) is 0 Å². The summed E-state index contributed by atoms with van der Waals surface area (Å²) in [5.41, 5.74) is 8.27. The van der Waals surface area contributed by atoms with E-state index in [4.69, 9.17) is 43.4 Å². The van der Waals surface area contributed by atoms with Crippen LogP contribution >= 0.6 is 0 Å². The molecule has 0 heterocycles. The van der Waals surface area contributed by atoms with E-state index in [1.807, 2.05) is 0 Å². The number of hydrogen-bond acceptors (Lipinski definition) is 8. The SMILES string of the molecule is Nc1c(F)c(F)c(F)c(F)c1C(=O)O.Nc1c(F)c(F)c(F)c(F)c1C(=O)O.Nc1c(F)c(F)c(F)c(F)c1C(=O)O.Nc1c(F)c(F)c(F)c(F)c1C(=O)O. The van der Waals surface area contributed by atoms with Gasteiger partial charge in [-0.05, 0) is 0 Å².